The lowest BCUT2D eigenvalue weighted by Crippen LogP contribution is -2.00. The Bertz CT molecular complexity index is 3190. The number of furan rings is 1. The number of pyridine rings is 1. The summed E-state index contributed by atoms with van der Waals surface area (Å²) in [6, 6.07) is 60.9. The first-order valence-corrected chi connectivity index (χ1v) is 18.6. The lowest BCUT2D eigenvalue weighted by atomic mass is 9.97. The Balaban J connectivity index is 1.12. The summed E-state index contributed by atoms with van der Waals surface area (Å²) in [5.74, 6) is 1.88. The van der Waals surface area contributed by atoms with Gasteiger partial charge in [-0.05, 0) is 82.9 Å². The minimum absolute atomic E-state index is 0.615. The summed E-state index contributed by atoms with van der Waals surface area (Å²) in [5, 5.41) is 4.51. The second-order valence-corrected chi connectivity index (χ2v) is 13.9. The van der Waals surface area contributed by atoms with Crippen LogP contribution in [0.5, 0.6) is 0 Å². The van der Waals surface area contributed by atoms with Crippen LogP contribution in [-0.2, 0) is 0 Å². The van der Waals surface area contributed by atoms with Crippen LogP contribution in [0.2, 0.25) is 0 Å². The monoisotopic (exact) mass is 717 g/mol. The fourth-order valence-corrected chi connectivity index (χ4v) is 7.86. The van der Waals surface area contributed by atoms with E-state index in [4.69, 9.17) is 19.4 Å². The van der Waals surface area contributed by atoms with Crippen LogP contribution in [0, 0.1) is 0 Å². The number of fused-ring (bicyclic) bond motifs is 6. The Labute approximate surface area is 322 Å². The molecule has 0 amide bonds. The Kier molecular flexibility index (Phi) is 7.38. The highest BCUT2D eigenvalue weighted by atomic mass is 16.3. The van der Waals surface area contributed by atoms with Crippen LogP contribution in [0.1, 0.15) is 0 Å². The molecule has 4 aromatic heterocycles. The summed E-state index contributed by atoms with van der Waals surface area (Å²) in [5.41, 5.74) is 12.1. The van der Waals surface area contributed by atoms with Crippen LogP contribution in [0.4, 0.5) is 0 Å². The predicted octanol–water partition coefficient (Wildman–Crippen LogP) is 12.6. The highest BCUT2D eigenvalue weighted by Crippen LogP contribution is 2.40. The van der Waals surface area contributed by atoms with Crippen molar-refractivity contribution in [3.05, 3.63) is 188 Å². The second-order valence-electron chi connectivity index (χ2n) is 13.9. The van der Waals surface area contributed by atoms with E-state index in [2.05, 4.69) is 113 Å². The van der Waals surface area contributed by atoms with Crippen LogP contribution in [0.25, 0.3) is 106 Å². The van der Waals surface area contributed by atoms with Crippen LogP contribution < -0.4 is 0 Å². The molecule has 11 aromatic rings. The van der Waals surface area contributed by atoms with Gasteiger partial charge in [0.05, 0.1) is 11.0 Å². The second kappa shape index (κ2) is 13.0. The topological polar surface area (TPSA) is 69.6 Å². The average Bonchev–Trinajstić information content (AvgIpc) is 3.81. The molecule has 6 heteroatoms. The highest BCUT2D eigenvalue weighted by Gasteiger charge is 2.19. The molecule has 0 bridgehead atoms. The minimum Gasteiger partial charge on any atom is -0.456 e. The Morgan fingerprint density at radius 3 is 1.64 bits per heavy atom. The zero-order chi connectivity index (χ0) is 37.0. The maximum Gasteiger partial charge on any atom is 0.164 e. The molecule has 0 aliphatic carbocycles. The molecule has 0 spiro atoms. The lowest BCUT2D eigenvalue weighted by Gasteiger charge is -2.15. The standard InChI is InChI=1S/C50H31N5O/c1-3-12-33(13-4-1)48-52-49(34-14-5-2-6-15-34)54-50(53-48)36-17-11-16-35(26-36)38-27-37(32-22-24-51-25-23-32)28-39(29-38)55-44-20-9-7-18-40(44)42-31-47-43(30-45(42)55)41-19-8-10-21-46(41)56-47/h1-31H. The number of nitrogens with zero attached hydrogens (tertiary/aromatic N) is 5. The maximum absolute atomic E-state index is 6.36. The van der Waals surface area contributed by atoms with E-state index in [1.54, 1.807) is 0 Å². The molecule has 56 heavy (non-hydrogen) atoms. The molecule has 0 saturated carbocycles. The van der Waals surface area contributed by atoms with Gasteiger partial charge in [0.1, 0.15) is 11.2 Å². The van der Waals surface area contributed by atoms with E-state index in [-0.39, 0.29) is 0 Å². The molecule has 11 rings (SSSR count). The largest absolute Gasteiger partial charge is 0.456 e. The van der Waals surface area contributed by atoms with Gasteiger partial charge < -0.3 is 8.98 Å². The molecule has 0 saturated heterocycles. The van der Waals surface area contributed by atoms with Gasteiger partial charge in [-0.1, -0.05) is 115 Å². The summed E-state index contributed by atoms with van der Waals surface area (Å²) >= 11 is 0. The maximum atomic E-state index is 6.36. The van der Waals surface area contributed by atoms with Crippen LogP contribution in [0.15, 0.2) is 193 Å². The summed E-state index contributed by atoms with van der Waals surface area (Å²) < 4.78 is 8.74. The number of rotatable bonds is 6. The van der Waals surface area contributed by atoms with Crippen molar-refractivity contribution in [2.75, 3.05) is 0 Å². The lowest BCUT2D eigenvalue weighted by molar-refractivity contribution is 0.669. The number of hydrogen-bond acceptors (Lipinski definition) is 5. The van der Waals surface area contributed by atoms with E-state index in [0.717, 1.165) is 83.0 Å². The van der Waals surface area contributed by atoms with Crippen molar-refractivity contribution in [1.82, 2.24) is 24.5 Å². The van der Waals surface area contributed by atoms with E-state index in [9.17, 15) is 0 Å². The summed E-state index contributed by atoms with van der Waals surface area (Å²) in [4.78, 5) is 19.3. The quantitative estimate of drug-likeness (QED) is 0.171. The summed E-state index contributed by atoms with van der Waals surface area (Å²) in [6.45, 7) is 0. The molecule has 0 N–H and O–H groups in total. The van der Waals surface area contributed by atoms with Gasteiger partial charge in [0.15, 0.2) is 17.5 Å². The van der Waals surface area contributed by atoms with Crippen molar-refractivity contribution >= 4 is 43.7 Å². The smallest absolute Gasteiger partial charge is 0.164 e. The molecule has 0 radical (unpaired) electrons. The normalized spacial score (nSPS) is 11.6. The van der Waals surface area contributed by atoms with Gasteiger partial charge in [-0.15, -0.1) is 0 Å². The third kappa shape index (κ3) is 5.43. The van der Waals surface area contributed by atoms with E-state index in [1.807, 2.05) is 85.2 Å². The Hall–Kier alpha value is -7.70. The Morgan fingerprint density at radius 2 is 0.911 bits per heavy atom. The molecule has 6 nitrogen and oxygen atoms in total. The summed E-state index contributed by atoms with van der Waals surface area (Å²) in [6.07, 6.45) is 3.69. The SMILES string of the molecule is c1ccc(-c2nc(-c3ccccc3)nc(-c3cccc(-c4cc(-c5ccncc5)cc(-n5c6ccccc6c6cc7oc8ccccc8c7cc65)c4)c3)n2)cc1. The highest BCUT2D eigenvalue weighted by molar-refractivity contribution is 6.17. The van der Waals surface area contributed by atoms with Crippen molar-refractivity contribution in [3.63, 3.8) is 0 Å². The Morgan fingerprint density at radius 1 is 0.339 bits per heavy atom. The average molecular weight is 718 g/mol. The van der Waals surface area contributed by atoms with Crippen molar-refractivity contribution < 1.29 is 4.42 Å². The van der Waals surface area contributed by atoms with Crippen LogP contribution >= 0.6 is 0 Å². The molecule has 262 valence electrons. The molecular weight excluding hydrogens is 687 g/mol. The zero-order valence-corrected chi connectivity index (χ0v) is 30.0. The third-order valence-electron chi connectivity index (χ3n) is 10.5. The number of aromatic nitrogens is 5. The van der Waals surface area contributed by atoms with E-state index in [0.29, 0.717) is 17.5 Å². The fourth-order valence-electron chi connectivity index (χ4n) is 7.86. The first-order chi connectivity index (χ1) is 27.7. The minimum atomic E-state index is 0.615. The van der Waals surface area contributed by atoms with Crippen molar-refractivity contribution in [2.45, 2.75) is 0 Å². The number of benzene rings is 7. The molecule has 0 aliphatic heterocycles. The molecule has 0 aliphatic rings. The first-order valence-electron chi connectivity index (χ1n) is 18.6. The molecule has 0 fully saturated rings. The molecule has 0 atom stereocenters. The van der Waals surface area contributed by atoms with E-state index < -0.39 is 0 Å². The number of para-hydroxylation sites is 2. The van der Waals surface area contributed by atoms with E-state index >= 15 is 0 Å². The van der Waals surface area contributed by atoms with Gasteiger partial charge in [0.2, 0.25) is 0 Å². The van der Waals surface area contributed by atoms with Gasteiger partial charge in [-0.25, -0.2) is 15.0 Å². The molecule has 7 aromatic carbocycles. The van der Waals surface area contributed by atoms with Crippen molar-refractivity contribution in [2.24, 2.45) is 0 Å². The van der Waals surface area contributed by atoms with Crippen molar-refractivity contribution in [1.29, 1.82) is 0 Å². The predicted molar refractivity (Wildman–Crippen MR) is 226 cm³/mol. The first kappa shape index (κ1) is 31.8. The number of hydrogen-bond donors (Lipinski definition) is 0. The van der Waals surface area contributed by atoms with E-state index in [1.165, 1.54) is 5.39 Å². The third-order valence-corrected chi connectivity index (χ3v) is 10.5. The molecule has 4 heterocycles. The fraction of sp³-hybridized carbons (Fsp3) is 0. The van der Waals surface area contributed by atoms with Gasteiger partial charge >= 0.3 is 0 Å². The molecule has 0 unspecified atom stereocenters. The molecular formula is C50H31N5O. The van der Waals surface area contributed by atoms with Gasteiger partial charge in [0, 0.05) is 56.3 Å². The van der Waals surface area contributed by atoms with Crippen LogP contribution in [0.3, 0.4) is 0 Å². The van der Waals surface area contributed by atoms with Gasteiger partial charge in [-0.2, -0.15) is 0 Å². The van der Waals surface area contributed by atoms with Crippen LogP contribution in [-0.4, -0.2) is 24.5 Å². The summed E-state index contributed by atoms with van der Waals surface area (Å²) in [7, 11) is 0. The van der Waals surface area contributed by atoms with Gasteiger partial charge in [-0.3, -0.25) is 4.98 Å². The zero-order valence-electron chi connectivity index (χ0n) is 30.0. The van der Waals surface area contributed by atoms with Gasteiger partial charge in [0.25, 0.3) is 0 Å². The van der Waals surface area contributed by atoms with Crippen molar-refractivity contribution in [3.8, 4) is 62.1 Å².